The molecule has 0 aliphatic carbocycles. The Kier molecular flexibility index (Phi) is 6.10. The van der Waals surface area contributed by atoms with Gasteiger partial charge >= 0.3 is 5.97 Å². The van der Waals surface area contributed by atoms with E-state index in [1.165, 1.54) is 7.11 Å². The summed E-state index contributed by atoms with van der Waals surface area (Å²) in [6, 6.07) is 2.95. The summed E-state index contributed by atoms with van der Waals surface area (Å²) in [7, 11) is 1.54. The van der Waals surface area contributed by atoms with Crippen LogP contribution in [0.25, 0.3) is 0 Å². The molecule has 0 aliphatic heterocycles. The van der Waals surface area contributed by atoms with Gasteiger partial charge in [0.15, 0.2) is 0 Å². The Balaban J connectivity index is 2.84. The van der Waals surface area contributed by atoms with Gasteiger partial charge in [-0.25, -0.2) is 9.78 Å². The van der Waals surface area contributed by atoms with Crippen molar-refractivity contribution in [2.45, 2.75) is 13.0 Å². The Morgan fingerprint density at radius 2 is 2.39 bits per heavy atom. The normalized spacial score (nSPS) is 11.9. The fourth-order valence-electron chi connectivity index (χ4n) is 1.43. The number of carbonyl (C=O) groups excluding carboxylic acids is 1. The summed E-state index contributed by atoms with van der Waals surface area (Å²) in [5.74, 6) is -0.0609. The first-order valence-electron chi connectivity index (χ1n) is 5.71. The molecule has 100 valence electrons. The Morgan fingerprint density at radius 1 is 1.61 bits per heavy atom. The molecule has 0 aromatic carbocycles. The summed E-state index contributed by atoms with van der Waals surface area (Å²) in [4.78, 5) is 15.8. The molecular formula is C12H18N2O4. The van der Waals surface area contributed by atoms with Crippen LogP contribution in [0.2, 0.25) is 0 Å². The quantitative estimate of drug-likeness (QED) is 0.696. The van der Waals surface area contributed by atoms with Crippen LogP contribution >= 0.6 is 0 Å². The minimum atomic E-state index is -0.442. The molecule has 0 aliphatic rings. The van der Waals surface area contributed by atoms with E-state index in [4.69, 9.17) is 14.6 Å². The van der Waals surface area contributed by atoms with E-state index >= 15 is 0 Å². The molecule has 1 aromatic rings. The van der Waals surface area contributed by atoms with E-state index in [1.54, 1.807) is 25.3 Å². The zero-order valence-electron chi connectivity index (χ0n) is 10.5. The van der Waals surface area contributed by atoms with Gasteiger partial charge < -0.3 is 19.9 Å². The third-order valence-electron chi connectivity index (χ3n) is 2.23. The van der Waals surface area contributed by atoms with Crippen molar-refractivity contribution in [3.8, 4) is 0 Å². The van der Waals surface area contributed by atoms with Crippen LogP contribution in [0.15, 0.2) is 18.3 Å². The van der Waals surface area contributed by atoms with Crippen molar-refractivity contribution < 1.29 is 19.4 Å². The Morgan fingerprint density at radius 3 is 3.00 bits per heavy atom. The summed E-state index contributed by atoms with van der Waals surface area (Å²) in [6.07, 6.45) is 1.56. The topological polar surface area (TPSA) is 80.7 Å². The number of aliphatic hydroxyl groups is 1. The van der Waals surface area contributed by atoms with E-state index in [1.807, 2.05) is 0 Å². The lowest BCUT2D eigenvalue weighted by Crippen LogP contribution is -2.30. The number of pyridine rings is 1. The zero-order chi connectivity index (χ0) is 13.4. The zero-order valence-corrected chi connectivity index (χ0v) is 10.5. The van der Waals surface area contributed by atoms with Crippen molar-refractivity contribution in [1.82, 2.24) is 4.98 Å². The van der Waals surface area contributed by atoms with Crippen molar-refractivity contribution in [2.75, 3.05) is 32.2 Å². The van der Waals surface area contributed by atoms with Gasteiger partial charge in [0.2, 0.25) is 0 Å². The maximum absolute atomic E-state index is 11.7. The predicted octanol–water partition coefficient (Wildman–Crippen LogP) is 0.677. The molecule has 6 nitrogen and oxygen atoms in total. The molecule has 0 amide bonds. The van der Waals surface area contributed by atoms with Crippen LogP contribution in [-0.4, -0.2) is 49.0 Å². The van der Waals surface area contributed by atoms with Crippen molar-refractivity contribution in [3.63, 3.8) is 0 Å². The lowest BCUT2D eigenvalue weighted by atomic mass is 10.2. The first-order chi connectivity index (χ1) is 8.72. The first kappa shape index (κ1) is 14.4. The highest BCUT2D eigenvalue weighted by Gasteiger charge is 2.16. The SMILES string of the molecule is CCOC(=O)c1cccnc1NC(CO)COC. The number of rotatable bonds is 7. The van der Waals surface area contributed by atoms with Crippen molar-refractivity contribution in [3.05, 3.63) is 23.9 Å². The highest BCUT2D eigenvalue weighted by molar-refractivity contribution is 5.94. The average molecular weight is 254 g/mol. The van der Waals surface area contributed by atoms with E-state index in [2.05, 4.69) is 10.3 Å². The molecule has 1 unspecified atom stereocenters. The predicted molar refractivity (Wildman–Crippen MR) is 66.6 cm³/mol. The second-order valence-corrected chi connectivity index (χ2v) is 3.60. The van der Waals surface area contributed by atoms with Crippen LogP contribution in [0.5, 0.6) is 0 Å². The monoisotopic (exact) mass is 254 g/mol. The largest absolute Gasteiger partial charge is 0.462 e. The lowest BCUT2D eigenvalue weighted by molar-refractivity contribution is 0.0526. The molecule has 1 rings (SSSR count). The molecule has 1 heterocycles. The van der Waals surface area contributed by atoms with Gasteiger partial charge in [0.25, 0.3) is 0 Å². The highest BCUT2D eigenvalue weighted by atomic mass is 16.5. The van der Waals surface area contributed by atoms with Crippen LogP contribution in [0.4, 0.5) is 5.82 Å². The van der Waals surface area contributed by atoms with Gasteiger partial charge in [0.1, 0.15) is 11.4 Å². The molecule has 0 spiro atoms. The molecule has 0 radical (unpaired) electrons. The van der Waals surface area contributed by atoms with E-state index in [0.717, 1.165) is 0 Å². The number of hydrogen-bond acceptors (Lipinski definition) is 6. The maximum atomic E-state index is 11.7. The summed E-state index contributed by atoms with van der Waals surface area (Å²) in [5.41, 5.74) is 0.342. The molecule has 0 saturated heterocycles. The molecule has 0 fully saturated rings. The maximum Gasteiger partial charge on any atom is 0.341 e. The van der Waals surface area contributed by atoms with Crippen LogP contribution in [0.3, 0.4) is 0 Å². The number of nitrogens with one attached hydrogen (secondary N) is 1. The minimum absolute atomic E-state index is 0.118. The molecule has 0 saturated carbocycles. The Labute approximate surface area is 106 Å². The second kappa shape index (κ2) is 7.62. The number of aromatic nitrogens is 1. The molecule has 2 N–H and O–H groups in total. The molecule has 0 bridgehead atoms. The number of ether oxygens (including phenoxy) is 2. The van der Waals surface area contributed by atoms with Gasteiger partial charge in [-0.15, -0.1) is 0 Å². The standard InChI is InChI=1S/C12H18N2O4/c1-3-18-12(16)10-5-4-6-13-11(10)14-9(7-15)8-17-2/h4-6,9,15H,3,7-8H2,1-2H3,(H,13,14). The van der Waals surface area contributed by atoms with Gasteiger partial charge in [-0.3, -0.25) is 0 Å². The van der Waals surface area contributed by atoms with E-state index < -0.39 is 5.97 Å². The summed E-state index contributed by atoms with van der Waals surface area (Å²) in [6.45, 7) is 2.24. The second-order valence-electron chi connectivity index (χ2n) is 3.60. The van der Waals surface area contributed by atoms with Crippen LogP contribution in [-0.2, 0) is 9.47 Å². The fraction of sp³-hybridized carbons (Fsp3) is 0.500. The van der Waals surface area contributed by atoms with Gasteiger partial charge in [-0.05, 0) is 19.1 Å². The number of aliphatic hydroxyl groups excluding tert-OH is 1. The van der Waals surface area contributed by atoms with E-state index in [9.17, 15) is 4.79 Å². The highest BCUT2D eigenvalue weighted by Crippen LogP contribution is 2.14. The van der Waals surface area contributed by atoms with Crippen molar-refractivity contribution >= 4 is 11.8 Å². The smallest absolute Gasteiger partial charge is 0.341 e. The summed E-state index contributed by atoms with van der Waals surface area (Å²) < 4.78 is 9.88. The number of hydrogen-bond donors (Lipinski definition) is 2. The number of nitrogens with zero attached hydrogens (tertiary/aromatic N) is 1. The van der Waals surface area contributed by atoms with Gasteiger partial charge in [0.05, 0.1) is 25.9 Å². The number of methoxy groups -OCH3 is 1. The van der Waals surface area contributed by atoms with E-state index in [-0.39, 0.29) is 12.6 Å². The van der Waals surface area contributed by atoms with Gasteiger partial charge in [-0.2, -0.15) is 0 Å². The Bertz CT molecular complexity index is 384. The first-order valence-corrected chi connectivity index (χ1v) is 5.71. The number of esters is 1. The molecule has 1 atom stereocenters. The third kappa shape index (κ3) is 3.97. The number of anilines is 1. The molecule has 18 heavy (non-hydrogen) atoms. The fourth-order valence-corrected chi connectivity index (χ4v) is 1.43. The van der Waals surface area contributed by atoms with Crippen LogP contribution in [0.1, 0.15) is 17.3 Å². The minimum Gasteiger partial charge on any atom is -0.462 e. The van der Waals surface area contributed by atoms with E-state index in [0.29, 0.717) is 24.6 Å². The average Bonchev–Trinajstić information content (AvgIpc) is 2.39. The Hall–Kier alpha value is -1.66. The van der Waals surface area contributed by atoms with Crippen LogP contribution < -0.4 is 5.32 Å². The molecular weight excluding hydrogens is 236 g/mol. The summed E-state index contributed by atoms with van der Waals surface area (Å²) in [5, 5.41) is 12.1. The third-order valence-corrected chi connectivity index (χ3v) is 2.23. The lowest BCUT2D eigenvalue weighted by Gasteiger charge is -2.17. The van der Waals surface area contributed by atoms with Gasteiger partial charge in [-0.1, -0.05) is 0 Å². The summed E-state index contributed by atoms with van der Waals surface area (Å²) >= 11 is 0. The molecule has 1 aromatic heterocycles. The van der Waals surface area contributed by atoms with Crippen molar-refractivity contribution in [2.24, 2.45) is 0 Å². The van der Waals surface area contributed by atoms with Gasteiger partial charge in [0, 0.05) is 13.3 Å². The molecule has 6 heteroatoms. The van der Waals surface area contributed by atoms with Crippen molar-refractivity contribution in [1.29, 1.82) is 0 Å². The van der Waals surface area contributed by atoms with Crippen LogP contribution in [0, 0.1) is 0 Å². The number of carbonyl (C=O) groups is 1.